The van der Waals surface area contributed by atoms with E-state index in [1.54, 1.807) is 13.8 Å². The molecule has 3 aliphatic heterocycles. The van der Waals surface area contributed by atoms with Gasteiger partial charge in [-0.15, -0.1) is 0 Å². The second kappa shape index (κ2) is 34.1. The first-order valence-electron chi connectivity index (χ1n) is 26.0. The normalized spacial score (nSPS) is 29.9. The van der Waals surface area contributed by atoms with E-state index in [-0.39, 0.29) is 18.9 Å². The van der Waals surface area contributed by atoms with Crippen molar-refractivity contribution in [2.75, 3.05) is 19.8 Å². The van der Waals surface area contributed by atoms with Crippen molar-refractivity contribution < 1.29 is 103 Å². The summed E-state index contributed by atoms with van der Waals surface area (Å²) in [6.45, 7) is 5.34. The molecule has 0 aromatic rings. The molecular formula is C49H87NO21. The van der Waals surface area contributed by atoms with E-state index in [1.807, 2.05) is 12.4 Å². The summed E-state index contributed by atoms with van der Waals surface area (Å²) in [5.74, 6) is -3.36. The molecule has 3 fully saturated rings. The van der Waals surface area contributed by atoms with Gasteiger partial charge in [0.05, 0.1) is 31.5 Å². The molecule has 3 saturated heterocycles. The number of aliphatic hydroxyl groups is 7. The second-order valence-corrected chi connectivity index (χ2v) is 19.7. The van der Waals surface area contributed by atoms with Crippen LogP contribution in [0.25, 0.3) is 0 Å². The van der Waals surface area contributed by atoms with Gasteiger partial charge in [-0.25, -0.2) is 4.79 Å². The van der Waals surface area contributed by atoms with Crippen LogP contribution in [0.5, 0.6) is 0 Å². The average Bonchev–Trinajstić information content (AvgIpc) is 3.32. The van der Waals surface area contributed by atoms with Crippen molar-refractivity contribution in [2.24, 2.45) is 5.92 Å². The number of Topliss-reactive ketones (excluding diaryl/α,β-unsaturated/α-hetero) is 1. The minimum atomic E-state index is -1.94. The van der Waals surface area contributed by atoms with Gasteiger partial charge in [-0.2, -0.15) is 5.48 Å². The number of hydrogen-bond donors (Lipinski definition) is 10. The smallest absolute Gasteiger partial charge is 0.332 e. The predicted octanol–water partition coefficient (Wildman–Crippen LogP) is 2.45. The van der Waals surface area contributed by atoms with E-state index < -0.39 is 135 Å². The van der Waals surface area contributed by atoms with Gasteiger partial charge in [0, 0.05) is 13.3 Å². The van der Waals surface area contributed by atoms with Crippen LogP contribution in [0.2, 0.25) is 0 Å². The summed E-state index contributed by atoms with van der Waals surface area (Å²) in [6, 6.07) is -1.27. The first-order chi connectivity index (χ1) is 33.9. The number of aliphatic hydroxyl groups excluding tert-OH is 7. The lowest BCUT2D eigenvalue weighted by atomic mass is 9.98. The summed E-state index contributed by atoms with van der Waals surface area (Å²) in [5, 5.41) is 93.5. The fraction of sp³-hybridized carbons (Fsp3) is 0.918. The molecule has 3 aliphatic rings. The molecule has 0 amide bonds. The molecule has 0 aromatic heterocycles. The quantitative estimate of drug-likeness (QED) is 0.0245. The Morgan fingerprint density at radius 3 is 1.82 bits per heavy atom. The van der Waals surface area contributed by atoms with E-state index >= 15 is 0 Å². The predicted molar refractivity (Wildman–Crippen MR) is 250 cm³/mol. The van der Waals surface area contributed by atoms with Gasteiger partial charge >= 0.3 is 17.9 Å². The summed E-state index contributed by atoms with van der Waals surface area (Å²) in [5.41, 5.74) is 1.89. The lowest BCUT2D eigenvalue weighted by Gasteiger charge is -2.46. The molecule has 3 heterocycles. The molecule has 414 valence electrons. The lowest BCUT2D eigenvalue weighted by Crippen LogP contribution is -2.65. The Kier molecular flexibility index (Phi) is 30.2. The van der Waals surface area contributed by atoms with Gasteiger partial charge in [-0.05, 0) is 44.4 Å². The average molecular weight is 1030 g/mol. The molecule has 22 heteroatoms. The fourth-order valence-electron chi connectivity index (χ4n) is 8.84. The Bertz CT molecular complexity index is 1510. The number of carbonyl (C=O) groups is 4. The number of hydrogen-bond acceptors (Lipinski definition) is 21. The Hall–Kier alpha value is -2.52. The number of esters is 2. The van der Waals surface area contributed by atoms with Crippen LogP contribution >= 0.6 is 0 Å². The monoisotopic (exact) mass is 1030 g/mol. The van der Waals surface area contributed by atoms with Crippen LogP contribution in [0.4, 0.5) is 0 Å². The number of ether oxygens (including phenoxy) is 8. The van der Waals surface area contributed by atoms with Crippen molar-refractivity contribution in [3.05, 3.63) is 0 Å². The molecule has 71 heavy (non-hydrogen) atoms. The zero-order valence-electron chi connectivity index (χ0n) is 42.2. The Morgan fingerprint density at radius 2 is 1.25 bits per heavy atom. The second-order valence-electron chi connectivity index (χ2n) is 19.7. The van der Waals surface area contributed by atoms with E-state index in [0.29, 0.717) is 44.9 Å². The number of aliphatic carboxylic acids is 1. The van der Waals surface area contributed by atoms with Gasteiger partial charge in [0.2, 0.25) is 0 Å². The number of hydroxylamine groups is 1. The molecule has 10 N–H and O–H groups in total. The molecular weight excluding hydrogens is 939 g/mol. The highest BCUT2D eigenvalue weighted by atomic mass is 16.8. The Balaban J connectivity index is 1.55. The van der Waals surface area contributed by atoms with Crippen molar-refractivity contribution in [3.8, 4) is 0 Å². The first-order valence-corrected chi connectivity index (χ1v) is 26.0. The maximum atomic E-state index is 13.8. The van der Waals surface area contributed by atoms with Gasteiger partial charge in [0.15, 0.2) is 43.0 Å². The number of ketones is 1. The largest absolute Gasteiger partial charge is 0.479 e. The van der Waals surface area contributed by atoms with Crippen LogP contribution in [0.15, 0.2) is 0 Å². The van der Waals surface area contributed by atoms with Gasteiger partial charge in [0.25, 0.3) is 0 Å². The topological polar surface area (TPSA) is 336 Å². The van der Waals surface area contributed by atoms with E-state index in [2.05, 4.69) is 0 Å². The molecule has 0 bridgehead atoms. The van der Waals surface area contributed by atoms with Crippen LogP contribution in [-0.4, -0.2) is 188 Å². The van der Waals surface area contributed by atoms with Crippen molar-refractivity contribution in [1.82, 2.24) is 5.48 Å². The minimum Gasteiger partial charge on any atom is -0.479 e. The number of carbonyl (C=O) groups excluding carboxylic acids is 3. The standard InChI is InChI=1S/C49H87NO21/c1-5-6-20-31(21-19-24-34(53)33(52)22-17-15-13-11-9-7-8-10-12-14-16-18-23-35(54)46(61)62)68-48-44(39(57)32(50-63)26-65-48)71-49-45(40(58)36(55)27-66-49)70-47-42(60)41(59)43(67-30(4)51)37(69-47)28-64-38(56)25-29(2)3/h29,31-37,40-45,47-50,52-55,58-60,63H,5-28H2,1-4H3,(H,61,62). The Labute approximate surface area is 417 Å². The van der Waals surface area contributed by atoms with E-state index in [1.165, 1.54) is 0 Å². The minimum absolute atomic E-state index is 0.0490. The van der Waals surface area contributed by atoms with Crippen molar-refractivity contribution in [1.29, 1.82) is 0 Å². The molecule has 0 radical (unpaired) electrons. The fourth-order valence-corrected chi connectivity index (χ4v) is 8.84. The highest BCUT2D eigenvalue weighted by Crippen LogP contribution is 2.32. The number of carboxylic acid groups (broad SMARTS) is 1. The van der Waals surface area contributed by atoms with Crippen LogP contribution < -0.4 is 5.48 Å². The van der Waals surface area contributed by atoms with Gasteiger partial charge < -0.3 is 84.0 Å². The molecule has 0 aliphatic carbocycles. The zero-order chi connectivity index (χ0) is 52.5. The molecule has 16 unspecified atom stereocenters. The molecule has 0 aromatic carbocycles. The van der Waals surface area contributed by atoms with Gasteiger partial charge in [0.1, 0.15) is 49.3 Å². The van der Waals surface area contributed by atoms with Crippen molar-refractivity contribution >= 4 is 23.7 Å². The summed E-state index contributed by atoms with van der Waals surface area (Å²) in [6.07, 6.45) is -5.57. The van der Waals surface area contributed by atoms with Crippen molar-refractivity contribution in [2.45, 2.75) is 261 Å². The zero-order valence-corrected chi connectivity index (χ0v) is 42.2. The van der Waals surface area contributed by atoms with Gasteiger partial charge in [-0.3, -0.25) is 14.4 Å². The number of rotatable bonds is 36. The molecule has 0 spiro atoms. The first kappa shape index (κ1) is 62.8. The highest BCUT2D eigenvalue weighted by molar-refractivity contribution is 5.89. The summed E-state index contributed by atoms with van der Waals surface area (Å²) >= 11 is 0. The summed E-state index contributed by atoms with van der Waals surface area (Å²) < 4.78 is 46.5. The Morgan fingerprint density at radius 1 is 0.690 bits per heavy atom. The third kappa shape index (κ3) is 22.5. The third-order valence-corrected chi connectivity index (χ3v) is 13.1. The highest BCUT2D eigenvalue weighted by Gasteiger charge is 2.53. The van der Waals surface area contributed by atoms with Crippen LogP contribution in [0.3, 0.4) is 0 Å². The van der Waals surface area contributed by atoms with E-state index in [4.69, 9.17) is 43.0 Å². The van der Waals surface area contributed by atoms with Gasteiger partial charge in [-0.1, -0.05) is 111 Å². The number of unbranched alkanes of at least 4 members (excludes halogenated alkanes) is 12. The summed E-state index contributed by atoms with van der Waals surface area (Å²) in [4.78, 5) is 48.8. The summed E-state index contributed by atoms with van der Waals surface area (Å²) in [7, 11) is 0. The third-order valence-electron chi connectivity index (χ3n) is 13.1. The van der Waals surface area contributed by atoms with E-state index in [9.17, 15) is 60.1 Å². The van der Waals surface area contributed by atoms with Crippen LogP contribution in [0.1, 0.15) is 163 Å². The van der Waals surface area contributed by atoms with E-state index in [0.717, 1.165) is 90.4 Å². The number of carboxylic acids is 1. The number of nitrogens with one attached hydrogen (secondary N) is 1. The van der Waals surface area contributed by atoms with Crippen molar-refractivity contribution in [3.63, 3.8) is 0 Å². The maximum Gasteiger partial charge on any atom is 0.332 e. The SMILES string of the molecule is CCCCC(CCCC(O)C(O)CCCCCCCCCCCCCCC(O)C(=O)O)OC1OCC(NO)C(=O)C1OC1OCC(O)C(O)C1OC1OC(COC(=O)CC(C)C)C(OC(C)=O)C(O)C1O. The van der Waals surface area contributed by atoms with Crippen LogP contribution in [0, 0.1) is 5.92 Å². The van der Waals surface area contributed by atoms with Crippen LogP contribution in [-0.2, 0) is 57.1 Å². The molecule has 22 nitrogen and oxygen atoms in total. The maximum absolute atomic E-state index is 13.8. The lowest BCUT2D eigenvalue weighted by molar-refractivity contribution is -0.367. The molecule has 3 rings (SSSR count). The molecule has 0 saturated carbocycles. The molecule has 16 atom stereocenters.